The van der Waals surface area contributed by atoms with Crippen LogP contribution in [0.15, 0.2) is 34.9 Å². The summed E-state index contributed by atoms with van der Waals surface area (Å²) in [5.41, 5.74) is 5.36. The summed E-state index contributed by atoms with van der Waals surface area (Å²) in [6, 6.07) is 6.83. The molecule has 0 saturated carbocycles. The van der Waals surface area contributed by atoms with Gasteiger partial charge in [0.25, 0.3) is 0 Å². The van der Waals surface area contributed by atoms with Crippen molar-refractivity contribution in [2.45, 2.75) is 25.8 Å². The molecule has 3 N–H and O–H groups in total. The van der Waals surface area contributed by atoms with Crippen LogP contribution in [0.2, 0.25) is 0 Å². The number of hydrogen-bond acceptors (Lipinski definition) is 6. The van der Waals surface area contributed by atoms with Gasteiger partial charge >= 0.3 is 5.69 Å². The van der Waals surface area contributed by atoms with Crippen molar-refractivity contribution in [2.75, 3.05) is 11.1 Å². The molecule has 7 heteroatoms. The number of furan rings is 1. The Labute approximate surface area is 116 Å². The van der Waals surface area contributed by atoms with E-state index in [1.807, 2.05) is 19.1 Å². The standard InChI is InChI=1S/C13H16N4O3/c1-9(4-5-10-3-2-8-20-10)15-12-7-6-11(17(18)19)13(14)16-12/h2-3,6-9H,4-5H2,1H3,(H3,14,15,16). The molecule has 0 bridgehead atoms. The minimum atomic E-state index is -0.549. The van der Waals surface area contributed by atoms with Crippen LogP contribution in [-0.4, -0.2) is 15.9 Å². The van der Waals surface area contributed by atoms with Gasteiger partial charge in [0.05, 0.1) is 11.2 Å². The van der Waals surface area contributed by atoms with E-state index in [9.17, 15) is 10.1 Å². The number of hydrogen-bond donors (Lipinski definition) is 2. The van der Waals surface area contributed by atoms with Crippen LogP contribution in [0.5, 0.6) is 0 Å². The molecule has 0 aliphatic rings. The van der Waals surface area contributed by atoms with Crippen molar-refractivity contribution in [3.8, 4) is 0 Å². The summed E-state index contributed by atoms with van der Waals surface area (Å²) in [6.07, 6.45) is 3.31. The third-order valence-corrected chi connectivity index (χ3v) is 2.90. The van der Waals surface area contributed by atoms with Crippen LogP contribution in [0, 0.1) is 10.1 Å². The third-order valence-electron chi connectivity index (χ3n) is 2.90. The summed E-state index contributed by atoms with van der Waals surface area (Å²) in [5, 5.41) is 13.8. The molecule has 2 rings (SSSR count). The van der Waals surface area contributed by atoms with Gasteiger partial charge in [-0.05, 0) is 31.5 Å². The minimum Gasteiger partial charge on any atom is -0.469 e. The lowest BCUT2D eigenvalue weighted by Crippen LogP contribution is -2.17. The maximum absolute atomic E-state index is 10.6. The summed E-state index contributed by atoms with van der Waals surface area (Å²) in [4.78, 5) is 14.1. The van der Waals surface area contributed by atoms with Crippen LogP contribution in [-0.2, 0) is 6.42 Å². The molecule has 2 heterocycles. The first-order valence-corrected chi connectivity index (χ1v) is 6.26. The molecule has 0 aliphatic carbocycles. The monoisotopic (exact) mass is 276 g/mol. The summed E-state index contributed by atoms with van der Waals surface area (Å²) in [6.45, 7) is 2.00. The van der Waals surface area contributed by atoms with E-state index in [1.54, 1.807) is 12.3 Å². The van der Waals surface area contributed by atoms with Crippen molar-refractivity contribution in [3.63, 3.8) is 0 Å². The second-order valence-corrected chi connectivity index (χ2v) is 4.52. The number of nitro groups is 1. The molecule has 1 unspecified atom stereocenters. The molecule has 1 atom stereocenters. The quantitative estimate of drug-likeness (QED) is 0.620. The fourth-order valence-electron chi connectivity index (χ4n) is 1.84. The average Bonchev–Trinajstić information content (AvgIpc) is 2.89. The smallest absolute Gasteiger partial charge is 0.311 e. The van der Waals surface area contributed by atoms with Crippen LogP contribution >= 0.6 is 0 Å². The van der Waals surface area contributed by atoms with Gasteiger partial charge in [0.15, 0.2) is 0 Å². The molecule has 2 aromatic heterocycles. The molecular formula is C13H16N4O3. The molecule has 106 valence electrons. The first-order valence-electron chi connectivity index (χ1n) is 6.26. The van der Waals surface area contributed by atoms with Crippen molar-refractivity contribution in [2.24, 2.45) is 0 Å². The topological polar surface area (TPSA) is 107 Å². The van der Waals surface area contributed by atoms with Gasteiger partial charge in [-0.2, -0.15) is 0 Å². The van der Waals surface area contributed by atoms with E-state index in [0.29, 0.717) is 5.82 Å². The van der Waals surface area contributed by atoms with Gasteiger partial charge in [-0.3, -0.25) is 10.1 Å². The van der Waals surface area contributed by atoms with Gasteiger partial charge in [-0.1, -0.05) is 0 Å². The Balaban J connectivity index is 1.92. The first-order chi connectivity index (χ1) is 9.56. The van der Waals surface area contributed by atoms with Crippen molar-refractivity contribution < 1.29 is 9.34 Å². The number of nitrogens with one attached hydrogen (secondary N) is 1. The molecule has 20 heavy (non-hydrogen) atoms. The molecular weight excluding hydrogens is 260 g/mol. The van der Waals surface area contributed by atoms with Crippen LogP contribution in [0.3, 0.4) is 0 Å². The number of nitrogens with two attached hydrogens (primary N) is 1. The Kier molecular flexibility index (Phi) is 4.19. The highest BCUT2D eigenvalue weighted by molar-refractivity contribution is 5.57. The molecule has 0 aliphatic heterocycles. The Hall–Kier alpha value is -2.57. The molecule has 0 spiro atoms. The SMILES string of the molecule is CC(CCc1ccco1)Nc1ccc([N+](=O)[O-])c(N)n1. The summed E-state index contributed by atoms with van der Waals surface area (Å²) >= 11 is 0. The lowest BCUT2D eigenvalue weighted by atomic mass is 10.1. The maximum Gasteiger partial charge on any atom is 0.311 e. The fraction of sp³-hybridized carbons (Fsp3) is 0.308. The Morgan fingerprint density at radius 1 is 1.50 bits per heavy atom. The maximum atomic E-state index is 10.6. The largest absolute Gasteiger partial charge is 0.469 e. The second kappa shape index (κ2) is 6.05. The van der Waals surface area contributed by atoms with Crippen LogP contribution in [0.4, 0.5) is 17.3 Å². The van der Waals surface area contributed by atoms with E-state index >= 15 is 0 Å². The summed E-state index contributed by atoms with van der Waals surface area (Å²) in [5.74, 6) is 1.37. The minimum absolute atomic E-state index is 0.0850. The molecule has 0 radical (unpaired) electrons. The van der Waals surface area contributed by atoms with Crippen molar-refractivity contribution in [3.05, 3.63) is 46.4 Å². The molecule has 0 amide bonds. The molecule has 0 aromatic carbocycles. The fourth-order valence-corrected chi connectivity index (χ4v) is 1.84. The predicted octanol–water partition coefficient (Wildman–Crippen LogP) is 2.60. The van der Waals surface area contributed by atoms with E-state index in [0.717, 1.165) is 18.6 Å². The number of anilines is 2. The van der Waals surface area contributed by atoms with Gasteiger partial charge in [0, 0.05) is 18.5 Å². The van der Waals surface area contributed by atoms with Crippen LogP contribution < -0.4 is 11.1 Å². The van der Waals surface area contributed by atoms with Crippen molar-refractivity contribution >= 4 is 17.3 Å². The Morgan fingerprint density at radius 3 is 2.90 bits per heavy atom. The highest BCUT2D eigenvalue weighted by Gasteiger charge is 2.13. The average molecular weight is 276 g/mol. The predicted molar refractivity (Wildman–Crippen MR) is 75.4 cm³/mol. The lowest BCUT2D eigenvalue weighted by molar-refractivity contribution is -0.384. The molecule has 2 aromatic rings. The number of nitrogens with zero attached hydrogens (tertiary/aromatic N) is 2. The van der Waals surface area contributed by atoms with E-state index in [4.69, 9.17) is 10.2 Å². The number of pyridine rings is 1. The van der Waals surface area contributed by atoms with Crippen LogP contribution in [0.25, 0.3) is 0 Å². The van der Waals surface area contributed by atoms with Gasteiger partial charge < -0.3 is 15.5 Å². The van der Waals surface area contributed by atoms with Gasteiger partial charge in [0.1, 0.15) is 11.6 Å². The zero-order valence-corrected chi connectivity index (χ0v) is 11.1. The zero-order valence-electron chi connectivity index (χ0n) is 11.1. The summed E-state index contributed by atoms with van der Waals surface area (Å²) < 4.78 is 5.26. The zero-order chi connectivity index (χ0) is 14.5. The highest BCUT2D eigenvalue weighted by Crippen LogP contribution is 2.21. The second-order valence-electron chi connectivity index (χ2n) is 4.52. The molecule has 7 nitrogen and oxygen atoms in total. The number of aryl methyl sites for hydroxylation is 1. The van der Waals surface area contributed by atoms with Crippen LogP contribution in [0.1, 0.15) is 19.1 Å². The third kappa shape index (κ3) is 3.47. The highest BCUT2D eigenvalue weighted by atomic mass is 16.6. The lowest BCUT2D eigenvalue weighted by Gasteiger charge is -2.13. The van der Waals surface area contributed by atoms with Gasteiger partial charge in [-0.15, -0.1) is 0 Å². The van der Waals surface area contributed by atoms with Crippen molar-refractivity contribution in [1.82, 2.24) is 4.98 Å². The normalized spacial score (nSPS) is 12.1. The van der Waals surface area contributed by atoms with E-state index in [2.05, 4.69) is 10.3 Å². The number of rotatable bonds is 6. The number of nitrogen functional groups attached to an aromatic ring is 1. The summed E-state index contributed by atoms with van der Waals surface area (Å²) in [7, 11) is 0. The van der Waals surface area contributed by atoms with E-state index in [1.165, 1.54) is 6.07 Å². The Bertz CT molecular complexity index is 583. The van der Waals surface area contributed by atoms with E-state index < -0.39 is 4.92 Å². The first kappa shape index (κ1) is 13.9. The Morgan fingerprint density at radius 2 is 2.30 bits per heavy atom. The molecule has 0 saturated heterocycles. The van der Waals surface area contributed by atoms with Gasteiger partial charge in [0.2, 0.25) is 5.82 Å². The number of aromatic nitrogens is 1. The van der Waals surface area contributed by atoms with E-state index in [-0.39, 0.29) is 17.5 Å². The van der Waals surface area contributed by atoms with Gasteiger partial charge in [-0.25, -0.2) is 4.98 Å². The van der Waals surface area contributed by atoms with Crippen molar-refractivity contribution in [1.29, 1.82) is 0 Å². The molecule has 0 fully saturated rings.